The van der Waals surface area contributed by atoms with Crippen LogP contribution >= 0.6 is 0 Å². The molecule has 0 bridgehead atoms. The average Bonchev–Trinajstić information content (AvgIpc) is 3.71. The lowest BCUT2D eigenvalue weighted by Crippen LogP contribution is -2.12. The van der Waals surface area contributed by atoms with Gasteiger partial charge in [0.2, 0.25) is 0 Å². The molecule has 0 fully saturated rings. The van der Waals surface area contributed by atoms with Crippen molar-refractivity contribution in [1.29, 1.82) is 0 Å². The summed E-state index contributed by atoms with van der Waals surface area (Å²) in [5, 5.41) is 6.81. The highest BCUT2D eigenvalue weighted by atomic mass is 16.3. The van der Waals surface area contributed by atoms with Gasteiger partial charge in [0.1, 0.15) is 17.0 Å². The lowest BCUT2D eigenvalue weighted by atomic mass is 10.0. The molecule has 0 aliphatic carbocycles. The summed E-state index contributed by atoms with van der Waals surface area (Å²) in [7, 11) is 0. The Morgan fingerprint density at radius 3 is 1.84 bits per heavy atom. The molecule has 49 heavy (non-hydrogen) atoms. The summed E-state index contributed by atoms with van der Waals surface area (Å²) in [5.41, 5.74) is 9.47. The zero-order valence-electron chi connectivity index (χ0n) is 26.5. The minimum atomic E-state index is 0.781. The summed E-state index contributed by atoms with van der Waals surface area (Å²) in [4.78, 5) is 7.39. The zero-order valence-corrected chi connectivity index (χ0v) is 26.5. The molecular weight excluding hydrogens is 599 g/mol. The van der Waals surface area contributed by atoms with Crippen molar-refractivity contribution in [2.75, 3.05) is 4.90 Å². The molecular formula is C45H29N3O. The number of anilines is 3. The third-order valence-electron chi connectivity index (χ3n) is 9.61. The largest absolute Gasteiger partial charge is 0.456 e. The first-order valence-corrected chi connectivity index (χ1v) is 16.5. The van der Waals surface area contributed by atoms with Gasteiger partial charge >= 0.3 is 0 Å². The number of furan rings is 1. The molecule has 3 aromatic heterocycles. The Balaban J connectivity index is 1.25. The molecule has 4 nitrogen and oxygen atoms in total. The minimum absolute atomic E-state index is 0.781. The molecule has 0 unspecified atom stereocenters. The molecule has 0 amide bonds. The Kier molecular flexibility index (Phi) is 6.15. The van der Waals surface area contributed by atoms with Crippen molar-refractivity contribution in [3.05, 3.63) is 176 Å². The smallest absolute Gasteiger partial charge is 0.141 e. The van der Waals surface area contributed by atoms with Gasteiger partial charge in [0.05, 0.1) is 16.7 Å². The maximum atomic E-state index is 6.39. The van der Waals surface area contributed by atoms with E-state index in [-0.39, 0.29) is 0 Å². The van der Waals surface area contributed by atoms with Crippen molar-refractivity contribution in [3.63, 3.8) is 0 Å². The van der Waals surface area contributed by atoms with E-state index in [9.17, 15) is 0 Å². The molecule has 0 aliphatic heterocycles. The van der Waals surface area contributed by atoms with E-state index in [4.69, 9.17) is 9.40 Å². The quantitative estimate of drug-likeness (QED) is 0.190. The van der Waals surface area contributed by atoms with Crippen LogP contribution in [0.25, 0.3) is 71.3 Å². The van der Waals surface area contributed by atoms with Crippen molar-refractivity contribution < 1.29 is 4.42 Å². The number of aromatic nitrogens is 2. The van der Waals surface area contributed by atoms with E-state index in [2.05, 4.69) is 161 Å². The molecule has 230 valence electrons. The van der Waals surface area contributed by atoms with Crippen molar-refractivity contribution in [2.24, 2.45) is 0 Å². The molecule has 10 aromatic rings. The van der Waals surface area contributed by atoms with E-state index >= 15 is 0 Å². The second-order valence-corrected chi connectivity index (χ2v) is 12.4. The number of para-hydroxylation sites is 3. The van der Waals surface area contributed by atoms with Gasteiger partial charge in [0, 0.05) is 50.6 Å². The summed E-state index contributed by atoms with van der Waals surface area (Å²) in [6.45, 7) is 0. The Hall–Kier alpha value is -6.65. The molecule has 0 spiro atoms. The first-order chi connectivity index (χ1) is 24.3. The SMILES string of the molecule is c1ccc(-c2ccc(N(c3cc4oc5ccccc5c4cn3)c3cc(-n4c5ccccc5c5ccccc54)cc4ccccc34)cc2)cc1. The predicted octanol–water partition coefficient (Wildman–Crippen LogP) is 12.4. The molecule has 0 N–H and O–H groups in total. The van der Waals surface area contributed by atoms with E-state index in [1.807, 2.05) is 24.4 Å². The van der Waals surface area contributed by atoms with Crippen LogP contribution in [0.3, 0.4) is 0 Å². The first-order valence-electron chi connectivity index (χ1n) is 16.5. The molecule has 0 radical (unpaired) electrons. The van der Waals surface area contributed by atoms with Gasteiger partial charge < -0.3 is 8.98 Å². The van der Waals surface area contributed by atoms with E-state index < -0.39 is 0 Å². The fraction of sp³-hybridized carbons (Fsp3) is 0. The Morgan fingerprint density at radius 1 is 0.469 bits per heavy atom. The molecule has 0 atom stereocenters. The highest BCUT2D eigenvalue weighted by Gasteiger charge is 2.21. The molecule has 3 heterocycles. The fourth-order valence-corrected chi connectivity index (χ4v) is 7.35. The standard InChI is InChI=1S/C45H29N3O/c1-2-12-30(13-3-1)31-22-24-33(25-23-31)48(45-28-44-39(29-46-45)38-18-8-11-21-43(38)49-44)42-27-34(26-32-14-4-5-15-35(32)42)47-40-19-9-6-16-36(40)37-17-7-10-20-41(37)47/h1-29H. The Labute approximate surface area is 282 Å². The molecule has 4 heteroatoms. The molecule has 0 saturated heterocycles. The number of benzene rings is 7. The number of rotatable bonds is 5. The van der Waals surface area contributed by atoms with E-state index in [1.54, 1.807) is 0 Å². The molecule has 7 aromatic carbocycles. The van der Waals surface area contributed by atoms with Gasteiger partial charge in [-0.15, -0.1) is 0 Å². The lowest BCUT2D eigenvalue weighted by Gasteiger charge is -2.27. The number of nitrogens with zero attached hydrogens (tertiary/aromatic N) is 3. The van der Waals surface area contributed by atoms with Gasteiger partial charge in [-0.05, 0) is 59.0 Å². The number of fused-ring (bicyclic) bond motifs is 7. The summed E-state index contributed by atoms with van der Waals surface area (Å²) in [6.07, 6.45) is 1.95. The Bertz CT molecular complexity index is 2780. The zero-order chi connectivity index (χ0) is 32.3. The normalized spacial score (nSPS) is 11.7. The van der Waals surface area contributed by atoms with Gasteiger partial charge in [-0.2, -0.15) is 0 Å². The average molecular weight is 628 g/mol. The van der Waals surface area contributed by atoms with Crippen LogP contribution in [0.4, 0.5) is 17.2 Å². The van der Waals surface area contributed by atoms with Crippen LogP contribution in [-0.4, -0.2) is 9.55 Å². The van der Waals surface area contributed by atoms with Gasteiger partial charge in [-0.3, -0.25) is 4.90 Å². The van der Waals surface area contributed by atoms with Crippen LogP contribution in [0.2, 0.25) is 0 Å². The summed E-state index contributed by atoms with van der Waals surface area (Å²) in [5.74, 6) is 0.781. The topological polar surface area (TPSA) is 34.2 Å². The van der Waals surface area contributed by atoms with Crippen LogP contribution in [0.1, 0.15) is 0 Å². The maximum absolute atomic E-state index is 6.39. The third-order valence-corrected chi connectivity index (χ3v) is 9.61. The van der Waals surface area contributed by atoms with Crippen LogP contribution in [0, 0.1) is 0 Å². The molecule has 0 saturated carbocycles. The second-order valence-electron chi connectivity index (χ2n) is 12.4. The third kappa shape index (κ3) is 4.42. The lowest BCUT2D eigenvalue weighted by molar-refractivity contribution is 0.668. The Morgan fingerprint density at radius 2 is 1.08 bits per heavy atom. The van der Waals surface area contributed by atoms with Gasteiger partial charge in [0.15, 0.2) is 0 Å². The van der Waals surface area contributed by atoms with Crippen molar-refractivity contribution >= 4 is 71.7 Å². The minimum Gasteiger partial charge on any atom is -0.456 e. The van der Waals surface area contributed by atoms with Crippen LogP contribution < -0.4 is 4.90 Å². The fourth-order valence-electron chi connectivity index (χ4n) is 7.35. The van der Waals surface area contributed by atoms with Crippen LogP contribution in [0.15, 0.2) is 180 Å². The van der Waals surface area contributed by atoms with E-state index in [1.165, 1.54) is 27.4 Å². The first kappa shape index (κ1) is 27.5. The highest BCUT2D eigenvalue weighted by molar-refractivity contribution is 6.10. The summed E-state index contributed by atoms with van der Waals surface area (Å²) < 4.78 is 8.77. The number of hydrogen-bond donors (Lipinski definition) is 0. The second kappa shape index (κ2) is 11.0. The highest BCUT2D eigenvalue weighted by Crippen LogP contribution is 2.43. The van der Waals surface area contributed by atoms with Crippen molar-refractivity contribution in [1.82, 2.24) is 9.55 Å². The molecule has 10 rings (SSSR count). The van der Waals surface area contributed by atoms with Gasteiger partial charge in [-0.1, -0.05) is 121 Å². The molecule has 0 aliphatic rings. The summed E-state index contributed by atoms with van der Waals surface area (Å²) in [6, 6.07) is 60.0. The maximum Gasteiger partial charge on any atom is 0.141 e. The van der Waals surface area contributed by atoms with Crippen molar-refractivity contribution in [3.8, 4) is 16.8 Å². The van der Waals surface area contributed by atoms with Crippen LogP contribution in [0.5, 0.6) is 0 Å². The summed E-state index contributed by atoms with van der Waals surface area (Å²) >= 11 is 0. The van der Waals surface area contributed by atoms with Gasteiger partial charge in [-0.25, -0.2) is 4.98 Å². The van der Waals surface area contributed by atoms with Gasteiger partial charge in [0.25, 0.3) is 0 Å². The monoisotopic (exact) mass is 627 g/mol. The van der Waals surface area contributed by atoms with Crippen LogP contribution in [-0.2, 0) is 0 Å². The number of hydrogen-bond acceptors (Lipinski definition) is 3. The van der Waals surface area contributed by atoms with E-state index in [0.717, 1.165) is 61.2 Å². The van der Waals surface area contributed by atoms with Crippen molar-refractivity contribution in [2.45, 2.75) is 0 Å². The van der Waals surface area contributed by atoms with E-state index in [0.29, 0.717) is 0 Å². The number of pyridine rings is 1. The predicted molar refractivity (Wildman–Crippen MR) is 203 cm³/mol.